The van der Waals surface area contributed by atoms with Crippen molar-refractivity contribution >= 4 is 11.9 Å². The number of ether oxygens (including phenoxy) is 1. The fourth-order valence-electron chi connectivity index (χ4n) is 8.14. The van der Waals surface area contributed by atoms with E-state index in [4.69, 9.17) is 0 Å². The van der Waals surface area contributed by atoms with Crippen LogP contribution in [-0.4, -0.2) is 79.6 Å². The summed E-state index contributed by atoms with van der Waals surface area (Å²) in [5, 5.41) is 3.71. The van der Waals surface area contributed by atoms with Gasteiger partial charge in [-0.25, -0.2) is 4.79 Å². The number of halogens is 3. The Hall–Kier alpha value is -2.95. The highest BCUT2D eigenvalue weighted by molar-refractivity contribution is 6.32. The zero-order valence-electron chi connectivity index (χ0n) is 31.3. The average Bonchev–Trinajstić information content (AvgIpc) is 3.07. The molecular weight excluding hydrogens is 641 g/mol. The van der Waals surface area contributed by atoms with Crippen molar-refractivity contribution in [1.82, 2.24) is 20.0 Å². The first kappa shape index (κ1) is 38.3. The van der Waals surface area contributed by atoms with Gasteiger partial charge < -0.3 is 15.0 Å². The molecule has 1 amide bonds. The van der Waals surface area contributed by atoms with Gasteiger partial charge in [0, 0.05) is 36.8 Å². The van der Waals surface area contributed by atoms with E-state index in [9.17, 15) is 22.8 Å². The van der Waals surface area contributed by atoms with Gasteiger partial charge in [-0.2, -0.15) is 13.2 Å². The molecule has 0 spiro atoms. The number of fused-ring (bicyclic) bond motifs is 2. The van der Waals surface area contributed by atoms with E-state index in [1.807, 2.05) is 13.0 Å². The molecule has 50 heavy (non-hydrogen) atoms. The highest BCUT2D eigenvalue weighted by Gasteiger charge is 2.39. The molecule has 4 unspecified atom stereocenters. The molecule has 2 aromatic carbocycles. The Morgan fingerprint density at radius 2 is 1.36 bits per heavy atom. The molecule has 1 N–H and O–H groups in total. The predicted molar refractivity (Wildman–Crippen MR) is 191 cm³/mol. The Morgan fingerprint density at radius 3 is 1.90 bits per heavy atom. The first-order valence-corrected chi connectivity index (χ1v) is 18.4. The highest BCUT2D eigenvalue weighted by atomic mass is 19.4. The number of carbonyl (C=O) groups is 2. The van der Waals surface area contributed by atoms with Crippen LogP contribution in [0.25, 0.3) is 0 Å². The molecule has 0 bridgehead atoms. The van der Waals surface area contributed by atoms with Gasteiger partial charge in [-0.1, -0.05) is 50.2 Å². The summed E-state index contributed by atoms with van der Waals surface area (Å²) >= 11 is 0. The number of rotatable bonds is 3. The summed E-state index contributed by atoms with van der Waals surface area (Å²) in [7, 11) is 4.33. The second-order valence-corrected chi connectivity index (χ2v) is 16.3. The largest absolute Gasteiger partial charge is 0.449 e. The van der Waals surface area contributed by atoms with Crippen molar-refractivity contribution in [2.45, 2.75) is 109 Å². The fraction of sp³-hybridized carbons (Fsp3) is 0.650. The Balaban J connectivity index is 0.000000210. The summed E-state index contributed by atoms with van der Waals surface area (Å²) in [5.74, 6) is -1.47. The molecule has 0 saturated carbocycles. The molecule has 2 saturated heterocycles. The molecule has 4 aliphatic rings. The van der Waals surface area contributed by atoms with E-state index in [1.54, 1.807) is 5.56 Å². The lowest BCUT2D eigenvalue weighted by molar-refractivity contribution is -0.190. The summed E-state index contributed by atoms with van der Waals surface area (Å²) in [6, 6.07) is 13.6. The third-order valence-corrected chi connectivity index (χ3v) is 12.0. The number of alkyl halides is 3. The van der Waals surface area contributed by atoms with E-state index in [2.05, 4.69) is 98.9 Å². The number of likely N-dealkylation sites (N-methyl/N-ethyl adjacent to an activating group) is 2. The van der Waals surface area contributed by atoms with Gasteiger partial charge in [0.1, 0.15) is 0 Å². The maximum absolute atomic E-state index is 12.7. The number of hydrogen-bond donors (Lipinski definition) is 1. The van der Waals surface area contributed by atoms with Crippen LogP contribution in [0.3, 0.4) is 0 Å². The van der Waals surface area contributed by atoms with Gasteiger partial charge >= 0.3 is 18.1 Å². The van der Waals surface area contributed by atoms with E-state index < -0.39 is 24.7 Å². The molecule has 2 fully saturated rings. The van der Waals surface area contributed by atoms with Crippen molar-refractivity contribution in [3.05, 3.63) is 69.8 Å². The molecule has 4 atom stereocenters. The number of nitrogens with one attached hydrogen (secondary N) is 1. The molecule has 4 aliphatic heterocycles. The van der Waals surface area contributed by atoms with Crippen LogP contribution in [0, 0.1) is 11.8 Å². The zero-order valence-corrected chi connectivity index (χ0v) is 31.3. The Labute approximate surface area is 296 Å². The smallest absolute Gasteiger partial charge is 0.422 e. The molecule has 0 radical (unpaired) electrons. The predicted octanol–water partition coefficient (Wildman–Crippen LogP) is 7.28. The zero-order chi connectivity index (χ0) is 36.6. The number of likely N-dealkylation sites (tertiary alicyclic amines) is 1. The molecule has 0 aromatic heterocycles. The second-order valence-electron chi connectivity index (χ2n) is 16.3. The Bertz CT molecular complexity index is 1530. The number of esters is 1. The Morgan fingerprint density at radius 1 is 0.820 bits per heavy atom. The molecule has 276 valence electrons. The SMILES string of the molecule is CC1CCC(c2ccc3c(c2)CCN(C)C3(C)C)N(C(=O)C(=O)OCC(F)(F)F)C1.CC1CCC(c2ccc3c(c2)CCN(C)C3(C)C)NC1. The van der Waals surface area contributed by atoms with Crippen LogP contribution in [-0.2, 0) is 38.2 Å². The maximum Gasteiger partial charge on any atom is 0.422 e. The van der Waals surface area contributed by atoms with E-state index in [-0.39, 0.29) is 23.0 Å². The monoisotopic (exact) mass is 698 g/mol. The van der Waals surface area contributed by atoms with E-state index >= 15 is 0 Å². The minimum atomic E-state index is -4.66. The number of nitrogens with zero attached hydrogens (tertiary/aromatic N) is 3. The van der Waals surface area contributed by atoms with Gasteiger partial charge in [0.15, 0.2) is 6.61 Å². The minimum Gasteiger partial charge on any atom is -0.449 e. The minimum absolute atomic E-state index is 0.107. The van der Waals surface area contributed by atoms with Gasteiger partial charge in [-0.15, -0.1) is 0 Å². The van der Waals surface area contributed by atoms with Crippen LogP contribution >= 0.6 is 0 Å². The molecule has 4 heterocycles. The topological polar surface area (TPSA) is 65.1 Å². The number of hydrogen-bond acceptors (Lipinski definition) is 6. The first-order chi connectivity index (χ1) is 23.4. The van der Waals surface area contributed by atoms with E-state index in [0.29, 0.717) is 19.0 Å². The lowest BCUT2D eigenvalue weighted by Gasteiger charge is -2.43. The second kappa shape index (κ2) is 15.0. The number of piperidine rings is 2. The van der Waals surface area contributed by atoms with E-state index in [1.165, 1.54) is 53.0 Å². The van der Waals surface area contributed by atoms with Crippen molar-refractivity contribution < 1.29 is 27.5 Å². The van der Waals surface area contributed by atoms with Crippen LogP contribution in [0.15, 0.2) is 36.4 Å². The quantitative estimate of drug-likeness (QED) is 0.269. The normalized spacial score (nSPS) is 26.6. The maximum atomic E-state index is 12.7. The fourth-order valence-corrected chi connectivity index (χ4v) is 8.14. The molecular formula is C40H57F3N4O3. The molecule has 10 heteroatoms. The summed E-state index contributed by atoms with van der Waals surface area (Å²) < 4.78 is 41.3. The lowest BCUT2D eigenvalue weighted by atomic mass is 9.81. The average molecular weight is 699 g/mol. The van der Waals surface area contributed by atoms with E-state index in [0.717, 1.165) is 37.4 Å². The summed E-state index contributed by atoms with van der Waals surface area (Å²) in [6.07, 6.45) is 1.56. The van der Waals surface area contributed by atoms with Crippen LogP contribution in [0.1, 0.15) is 113 Å². The number of carbonyl (C=O) groups excluding carboxylic acids is 2. The van der Waals surface area contributed by atoms with Crippen LogP contribution in [0.5, 0.6) is 0 Å². The van der Waals surface area contributed by atoms with Crippen LogP contribution < -0.4 is 5.32 Å². The molecule has 6 rings (SSSR count). The standard InChI is InChI=1S/C22H29F3N2O3.C18H28N2/c1-14-5-8-18(27(12-14)19(28)20(29)30-13-22(23,24)25)16-6-7-17-15(11-16)9-10-26(4)21(17,2)3;1-13-5-8-17(19-12-13)15-6-7-16-14(11-15)9-10-20(4)18(16,2)3/h6-7,11,14,18H,5,8-10,12-13H2,1-4H3;6-7,11,13,17,19H,5,8-10,12H2,1-4H3. The third kappa shape index (κ3) is 8.39. The molecule has 2 aromatic rings. The van der Waals surface area contributed by atoms with Crippen molar-refractivity contribution in [1.29, 1.82) is 0 Å². The van der Waals surface area contributed by atoms with Gasteiger partial charge in [0.2, 0.25) is 0 Å². The van der Waals surface area contributed by atoms with Crippen molar-refractivity contribution in [3.63, 3.8) is 0 Å². The highest BCUT2D eigenvalue weighted by Crippen LogP contribution is 2.39. The summed E-state index contributed by atoms with van der Waals surface area (Å²) in [4.78, 5) is 30.8. The van der Waals surface area contributed by atoms with Crippen molar-refractivity contribution in [2.24, 2.45) is 11.8 Å². The molecule has 0 aliphatic carbocycles. The third-order valence-electron chi connectivity index (χ3n) is 12.0. The van der Waals surface area contributed by atoms with Gasteiger partial charge in [-0.05, 0) is 132 Å². The number of amides is 1. The van der Waals surface area contributed by atoms with Gasteiger partial charge in [-0.3, -0.25) is 14.6 Å². The van der Waals surface area contributed by atoms with Crippen molar-refractivity contribution in [2.75, 3.05) is 46.9 Å². The summed E-state index contributed by atoms with van der Waals surface area (Å²) in [6.45, 7) is 15.1. The lowest BCUT2D eigenvalue weighted by Crippen LogP contribution is -2.46. The van der Waals surface area contributed by atoms with Crippen LogP contribution in [0.2, 0.25) is 0 Å². The van der Waals surface area contributed by atoms with Crippen molar-refractivity contribution in [3.8, 4) is 0 Å². The first-order valence-electron chi connectivity index (χ1n) is 18.4. The molecule has 7 nitrogen and oxygen atoms in total. The van der Waals surface area contributed by atoms with Gasteiger partial charge in [0.25, 0.3) is 0 Å². The van der Waals surface area contributed by atoms with Crippen LogP contribution in [0.4, 0.5) is 13.2 Å². The number of benzene rings is 2. The van der Waals surface area contributed by atoms with Gasteiger partial charge in [0.05, 0.1) is 6.04 Å². The summed E-state index contributed by atoms with van der Waals surface area (Å²) in [5.41, 5.74) is 7.98. The Kier molecular flexibility index (Phi) is 11.5.